The van der Waals surface area contributed by atoms with E-state index in [4.69, 9.17) is 0 Å². The third kappa shape index (κ3) is 54.9. The van der Waals surface area contributed by atoms with Crippen LogP contribution in [0, 0.1) is 11.8 Å². The summed E-state index contributed by atoms with van der Waals surface area (Å²) in [6.07, 6.45) is 1.28. The summed E-state index contributed by atoms with van der Waals surface area (Å²) >= 11 is 2.66. The number of hydrogen-bond donors (Lipinski definition) is 0. The Hall–Kier alpha value is 0.452. The van der Waals surface area contributed by atoms with Gasteiger partial charge < -0.3 is 10.2 Å². The van der Waals surface area contributed by atoms with Gasteiger partial charge >= 0.3 is 34.9 Å². The summed E-state index contributed by atoms with van der Waals surface area (Å²) in [6, 6.07) is 0. The van der Waals surface area contributed by atoms with Crippen LogP contribution in [-0.2, 0) is 0 Å². The van der Waals surface area contributed by atoms with Crippen LogP contribution >= 0.6 is 0 Å². The van der Waals surface area contributed by atoms with E-state index < -0.39 is 0 Å². The molecular weight excluding hydrogens is 191 g/mol. The van der Waals surface area contributed by atoms with Gasteiger partial charge in [-0.3, -0.25) is 0 Å². The van der Waals surface area contributed by atoms with Crippen LogP contribution in [0.5, 0.6) is 0 Å². The van der Waals surface area contributed by atoms with Gasteiger partial charge in [-0.1, -0.05) is 39.5 Å². The van der Waals surface area contributed by atoms with Gasteiger partial charge in [0.05, 0.1) is 0 Å². The first-order valence-corrected chi connectivity index (χ1v) is 6.14. The first-order chi connectivity index (χ1) is 6.45. The molecule has 0 radical (unpaired) electrons. The van der Waals surface area contributed by atoms with Crippen molar-refractivity contribution in [3.63, 3.8) is 0 Å². The van der Waals surface area contributed by atoms with Crippen LogP contribution in [0.25, 0.3) is 0 Å². The maximum atomic E-state index is 9.63. The zero-order valence-electron chi connectivity index (χ0n) is 10.4. The van der Waals surface area contributed by atoms with Crippen molar-refractivity contribution in [3.8, 4) is 0 Å². The van der Waals surface area contributed by atoms with Gasteiger partial charge in [0.1, 0.15) is 0 Å². The van der Waals surface area contributed by atoms with E-state index in [1.807, 2.05) is 27.7 Å². The molecule has 0 aromatic carbocycles. The third-order valence-electron chi connectivity index (χ3n) is 0.955. The van der Waals surface area contributed by atoms with Gasteiger partial charge in [0.25, 0.3) is 0 Å². The molecule has 0 saturated heterocycles. The normalized spacial score (nSPS) is 9.07. The van der Waals surface area contributed by atoms with E-state index in [1.54, 1.807) is 0 Å². The van der Waals surface area contributed by atoms with Crippen molar-refractivity contribution in [2.45, 2.75) is 46.3 Å². The summed E-state index contributed by atoms with van der Waals surface area (Å²) in [5.41, 5.74) is 0. The number of rotatable bonds is 3. The average Bonchev–Trinajstić information content (AvgIpc) is 2.19. The predicted molar refractivity (Wildman–Crippen MR) is 60.3 cm³/mol. The summed E-state index contributed by atoms with van der Waals surface area (Å²) in [5, 5.41) is 20.5. The molecule has 0 heterocycles. The fraction of sp³-hybridized carbons (Fsp3) is 1.00. The molecule has 0 aliphatic carbocycles. The SMILES string of the molecule is CC(C)C[O-].CC(C)C[O-].CC[CH2][Al+2]. The predicted octanol–water partition coefficient (Wildman–Crippen LogP) is 0.989. The molecule has 0 fully saturated rings. The zero-order chi connectivity index (χ0) is 12.0. The van der Waals surface area contributed by atoms with E-state index in [9.17, 15) is 10.2 Å². The van der Waals surface area contributed by atoms with Gasteiger partial charge in [-0.05, 0) is 0 Å². The Labute approximate surface area is 98.2 Å². The summed E-state index contributed by atoms with van der Waals surface area (Å²) in [7, 11) is 0. The minimum atomic E-state index is 0.0556. The quantitative estimate of drug-likeness (QED) is 0.660. The molecule has 0 unspecified atom stereocenters. The van der Waals surface area contributed by atoms with Crippen LogP contribution in [0.4, 0.5) is 0 Å². The summed E-state index contributed by atoms with van der Waals surface area (Å²) in [6.45, 7) is 9.91. The molecule has 0 spiro atoms. The second kappa shape index (κ2) is 19.1. The van der Waals surface area contributed by atoms with Gasteiger partial charge in [0.2, 0.25) is 0 Å². The van der Waals surface area contributed by atoms with Crippen LogP contribution in [0.1, 0.15) is 41.0 Å². The summed E-state index contributed by atoms with van der Waals surface area (Å²) < 4.78 is 0. The van der Waals surface area contributed by atoms with E-state index >= 15 is 0 Å². The molecule has 0 aromatic rings. The van der Waals surface area contributed by atoms with E-state index in [0.29, 0.717) is 11.8 Å². The molecular formula is C11H25AlO2. The van der Waals surface area contributed by atoms with Crippen LogP contribution in [0.2, 0.25) is 5.28 Å². The van der Waals surface area contributed by atoms with Gasteiger partial charge in [0.15, 0.2) is 0 Å². The first-order valence-electron chi connectivity index (χ1n) is 5.32. The second-order valence-corrected chi connectivity index (χ2v) is 4.49. The molecule has 0 bridgehead atoms. The van der Waals surface area contributed by atoms with Gasteiger partial charge in [-0.15, -0.1) is 13.2 Å². The average molecular weight is 216 g/mol. The molecule has 0 amide bonds. The molecule has 14 heavy (non-hydrogen) atoms. The molecule has 84 valence electrons. The summed E-state index contributed by atoms with van der Waals surface area (Å²) in [4.78, 5) is 0. The zero-order valence-corrected chi connectivity index (χ0v) is 11.5. The second-order valence-electron chi connectivity index (χ2n) is 3.91. The van der Waals surface area contributed by atoms with Gasteiger partial charge in [-0.2, -0.15) is 0 Å². The van der Waals surface area contributed by atoms with E-state index in [2.05, 4.69) is 23.2 Å². The molecule has 0 aliphatic rings. The van der Waals surface area contributed by atoms with Crippen LogP contribution in [-0.4, -0.2) is 29.5 Å². The van der Waals surface area contributed by atoms with E-state index in [-0.39, 0.29) is 13.2 Å². The van der Waals surface area contributed by atoms with Crippen molar-refractivity contribution < 1.29 is 10.2 Å². The molecule has 0 aliphatic heterocycles. The Bertz CT molecular complexity index is 65.7. The Morgan fingerprint density at radius 1 is 0.929 bits per heavy atom. The molecule has 3 heteroatoms. The Morgan fingerprint density at radius 3 is 1.07 bits per heavy atom. The van der Waals surface area contributed by atoms with E-state index in [1.165, 1.54) is 11.7 Å². The molecule has 0 rings (SSSR count). The van der Waals surface area contributed by atoms with Crippen molar-refractivity contribution in [2.24, 2.45) is 11.8 Å². The molecule has 0 atom stereocenters. The van der Waals surface area contributed by atoms with Crippen molar-refractivity contribution >= 4 is 16.3 Å². The standard InChI is InChI=1S/2C4H9O.C3H7.Al/c2*1-4(2)3-5;1-3-2;/h2*4H,3H2,1-2H3;1,3H2,2H3;/q2*-1;;+2. The Kier molecular flexibility index (Phi) is 27.2. The first kappa shape index (κ1) is 19.9. The Morgan fingerprint density at radius 2 is 1.07 bits per heavy atom. The fourth-order valence-electron chi connectivity index (χ4n) is 0. The van der Waals surface area contributed by atoms with Crippen LogP contribution in [0.15, 0.2) is 0 Å². The van der Waals surface area contributed by atoms with E-state index in [0.717, 1.165) is 0 Å². The van der Waals surface area contributed by atoms with Crippen molar-refractivity contribution in [2.75, 3.05) is 13.2 Å². The third-order valence-corrected chi connectivity index (χ3v) is 1.53. The topological polar surface area (TPSA) is 46.1 Å². The molecule has 0 N–H and O–H groups in total. The fourth-order valence-corrected chi connectivity index (χ4v) is 0. The molecule has 0 saturated carbocycles. The van der Waals surface area contributed by atoms with Crippen LogP contribution < -0.4 is 10.2 Å². The van der Waals surface area contributed by atoms with Gasteiger partial charge in [-0.25, -0.2) is 0 Å². The monoisotopic (exact) mass is 216 g/mol. The van der Waals surface area contributed by atoms with Gasteiger partial charge in [0, 0.05) is 0 Å². The minimum absolute atomic E-state index is 0.0556. The summed E-state index contributed by atoms with van der Waals surface area (Å²) in [5.74, 6) is 0.657. The van der Waals surface area contributed by atoms with Crippen LogP contribution in [0.3, 0.4) is 0 Å². The van der Waals surface area contributed by atoms with Crippen molar-refractivity contribution in [1.29, 1.82) is 0 Å². The van der Waals surface area contributed by atoms with Crippen molar-refractivity contribution in [3.05, 3.63) is 0 Å². The molecule has 0 aromatic heterocycles. The molecule has 2 nitrogen and oxygen atoms in total. The maximum absolute atomic E-state index is 9.63. The van der Waals surface area contributed by atoms with Crippen molar-refractivity contribution in [1.82, 2.24) is 0 Å². The number of hydrogen-bond acceptors (Lipinski definition) is 2. The Balaban J connectivity index is -0.000000131.